The summed E-state index contributed by atoms with van der Waals surface area (Å²) in [4.78, 5) is 14.5. The fourth-order valence-electron chi connectivity index (χ4n) is 1.37. The van der Waals surface area contributed by atoms with Crippen LogP contribution in [0.1, 0.15) is 16.2 Å². The molecular weight excluding hydrogens is 228 g/mol. The molecule has 0 bridgehead atoms. The molecule has 16 heavy (non-hydrogen) atoms. The fourth-order valence-corrected chi connectivity index (χ4v) is 1.65. The number of nitrogens with zero attached hydrogens (tertiary/aromatic N) is 3. The summed E-state index contributed by atoms with van der Waals surface area (Å²) in [5.41, 5.74) is 7.02. The van der Waals surface area contributed by atoms with Crippen molar-refractivity contribution in [3.8, 4) is 5.69 Å². The van der Waals surface area contributed by atoms with E-state index in [-0.39, 0.29) is 5.82 Å². The molecule has 0 unspecified atom stereocenters. The first kappa shape index (κ1) is 10.8. The van der Waals surface area contributed by atoms with Crippen molar-refractivity contribution >= 4 is 17.9 Å². The number of carbonyl (C=O) groups is 1. The Labute approximate surface area is 96.8 Å². The maximum atomic E-state index is 10.7. The van der Waals surface area contributed by atoms with Gasteiger partial charge in [-0.1, -0.05) is 17.7 Å². The molecule has 6 heteroatoms. The molecular formula is C10H9ClN4O. The standard InChI is InChI=1S/C10H9ClN4O/c11-8-3-7(4-12)1-2-9(8)15-10(5-16)13-6-14-15/h1-3,5-6H,4,12H2. The number of hydrogen-bond donors (Lipinski definition) is 1. The zero-order valence-electron chi connectivity index (χ0n) is 8.30. The van der Waals surface area contributed by atoms with Crippen molar-refractivity contribution in [2.75, 3.05) is 0 Å². The molecule has 0 amide bonds. The number of halogens is 1. The second-order valence-electron chi connectivity index (χ2n) is 3.14. The van der Waals surface area contributed by atoms with Crippen molar-refractivity contribution in [2.45, 2.75) is 6.54 Å². The zero-order chi connectivity index (χ0) is 11.5. The molecule has 5 nitrogen and oxygen atoms in total. The molecule has 0 aliphatic heterocycles. The van der Waals surface area contributed by atoms with E-state index < -0.39 is 0 Å². The lowest BCUT2D eigenvalue weighted by Crippen LogP contribution is -2.04. The van der Waals surface area contributed by atoms with Gasteiger partial charge in [-0.2, -0.15) is 5.10 Å². The van der Waals surface area contributed by atoms with Gasteiger partial charge in [-0.25, -0.2) is 9.67 Å². The van der Waals surface area contributed by atoms with Gasteiger partial charge in [0.15, 0.2) is 12.1 Å². The van der Waals surface area contributed by atoms with Crippen LogP contribution in [-0.2, 0) is 6.54 Å². The van der Waals surface area contributed by atoms with E-state index in [2.05, 4.69) is 10.1 Å². The Hall–Kier alpha value is -1.72. The lowest BCUT2D eigenvalue weighted by molar-refractivity contribution is 0.111. The summed E-state index contributed by atoms with van der Waals surface area (Å²) in [6.45, 7) is 0.415. The predicted octanol–water partition coefficient (Wildman–Crippen LogP) is 1.19. The number of nitrogens with two attached hydrogens (primary N) is 1. The monoisotopic (exact) mass is 236 g/mol. The largest absolute Gasteiger partial charge is 0.326 e. The van der Waals surface area contributed by atoms with Crippen LogP contribution < -0.4 is 5.73 Å². The van der Waals surface area contributed by atoms with Gasteiger partial charge in [0.1, 0.15) is 6.33 Å². The Balaban J connectivity index is 2.52. The number of hydrogen-bond acceptors (Lipinski definition) is 4. The number of aromatic nitrogens is 3. The highest BCUT2D eigenvalue weighted by Gasteiger charge is 2.09. The Morgan fingerprint density at radius 3 is 2.94 bits per heavy atom. The molecule has 0 saturated carbocycles. The summed E-state index contributed by atoms with van der Waals surface area (Å²) in [5.74, 6) is 0.211. The molecule has 1 heterocycles. The van der Waals surface area contributed by atoms with Gasteiger partial charge in [0.2, 0.25) is 0 Å². The highest BCUT2D eigenvalue weighted by atomic mass is 35.5. The third-order valence-electron chi connectivity index (χ3n) is 2.16. The second-order valence-corrected chi connectivity index (χ2v) is 3.54. The quantitative estimate of drug-likeness (QED) is 0.813. The van der Waals surface area contributed by atoms with Crippen LogP contribution in [0, 0.1) is 0 Å². The normalized spacial score (nSPS) is 10.4. The molecule has 0 radical (unpaired) electrons. The topological polar surface area (TPSA) is 73.8 Å². The van der Waals surface area contributed by atoms with Crippen LogP contribution in [0.25, 0.3) is 5.69 Å². The highest BCUT2D eigenvalue weighted by molar-refractivity contribution is 6.32. The van der Waals surface area contributed by atoms with Crippen LogP contribution in [0.2, 0.25) is 5.02 Å². The Morgan fingerprint density at radius 1 is 1.50 bits per heavy atom. The van der Waals surface area contributed by atoms with Crippen molar-refractivity contribution in [2.24, 2.45) is 5.73 Å². The number of rotatable bonds is 3. The van der Waals surface area contributed by atoms with E-state index in [1.54, 1.807) is 12.1 Å². The first-order valence-corrected chi connectivity index (χ1v) is 4.98. The molecule has 2 aromatic rings. The van der Waals surface area contributed by atoms with Crippen molar-refractivity contribution in [3.05, 3.63) is 40.9 Å². The highest BCUT2D eigenvalue weighted by Crippen LogP contribution is 2.21. The van der Waals surface area contributed by atoms with Gasteiger partial charge in [-0.05, 0) is 17.7 Å². The molecule has 0 aliphatic rings. The van der Waals surface area contributed by atoms with E-state index >= 15 is 0 Å². The average molecular weight is 237 g/mol. The first-order valence-electron chi connectivity index (χ1n) is 4.60. The molecule has 2 rings (SSSR count). The number of carbonyl (C=O) groups excluding carboxylic acids is 1. The predicted molar refractivity (Wildman–Crippen MR) is 59.6 cm³/mol. The number of aldehydes is 1. The van der Waals surface area contributed by atoms with Gasteiger partial charge in [0, 0.05) is 6.54 Å². The van der Waals surface area contributed by atoms with Crippen LogP contribution in [0.15, 0.2) is 24.5 Å². The number of benzene rings is 1. The molecule has 1 aromatic heterocycles. The van der Waals surface area contributed by atoms with Crippen LogP contribution in [0.4, 0.5) is 0 Å². The van der Waals surface area contributed by atoms with Crippen molar-refractivity contribution in [3.63, 3.8) is 0 Å². The van der Waals surface area contributed by atoms with E-state index in [1.807, 2.05) is 6.07 Å². The summed E-state index contributed by atoms with van der Waals surface area (Å²) >= 11 is 6.07. The van der Waals surface area contributed by atoms with Crippen molar-refractivity contribution in [1.82, 2.24) is 14.8 Å². The van der Waals surface area contributed by atoms with E-state index in [0.717, 1.165) is 5.56 Å². The summed E-state index contributed by atoms with van der Waals surface area (Å²) in [5, 5.41) is 4.42. The SMILES string of the molecule is NCc1ccc(-n2ncnc2C=O)c(Cl)c1. The molecule has 0 saturated heterocycles. The molecule has 1 aromatic carbocycles. The minimum atomic E-state index is 0.211. The van der Waals surface area contributed by atoms with E-state index in [9.17, 15) is 4.79 Å². The summed E-state index contributed by atoms with van der Waals surface area (Å²) < 4.78 is 1.38. The maximum absolute atomic E-state index is 10.7. The van der Waals surface area contributed by atoms with Gasteiger partial charge in [-0.15, -0.1) is 0 Å². The van der Waals surface area contributed by atoms with Gasteiger partial charge in [0.05, 0.1) is 10.7 Å². The van der Waals surface area contributed by atoms with E-state index in [1.165, 1.54) is 11.0 Å². The minimum Gasteiger partial charge on any atom is -0.326 e. The molecule has 0 atom stereocenters. The Kier molecular flexibility index (Phi) is 2.98. The minimum absolute atomic E-state index is 0.211. The van der Waals surface area contributed by atoms with Crippen LogP contribution in [0.5, 0.6) is 0 Å². The average Bonchev–Trinajstić information content (AvgIpc) is 2.76. The van der Waals surface area contributed by atoms with Crippen LogP contribution >= 0.6 is 11.6 Å². The Morgan fingerprint density at radius 2 is 2.31 bits per heavy atom. The lowest BCUT2D eigenvalue weighted by atomic mass is 10.2. The zero-order valence-corrected chi connectivity index (χ0v) is 9.05. The van der Waals surface area contributed by atoms with Gasteiger partial charge < -0.3 is 5.73 Å². The van der Waals surface area contributed by atoms with E-state index in [0.29, 0.717) is 23.5 Å². The molecule has 0 spiro atoms. The van der Waals surface area contributed by atoms with Crippen LogP contribution in [0.3, 0.4) is 0 Å². The molecule has 0 aliphatic carbocycles. The molecule has 82 valence electrons. The Bertz CT molecular complexity index is 523. The summed E-state index contributed by atoms with van der Waals surface area (Å²) in [6, 6.07) is 5.33. The smallest absolute Gasteiger partial charge is 0.196 e. The van der Waals surface area contributed by atoms with Gasteiger partial charge >= 0.3 is 0 Å². The van der Waals surface area contributed by atoms with Crippen LogP contribution in [-0.4, -0.2) is 21.1 Å². The van der Waals surface area contributed by atoms with Gasteiger partial charge in [-0.3, -0.25) is 4.79 Å². The van der Waals surface area contributed by atoms with Gasteiger partial charge in [0.25, 0.3) is 0 Å². The third-order valence-corrected chi connectivity index (χ3v) is 2.46. The van der Waals surface area contributed by atoms with E-state index in [4.69, 9.17) is 17.3 Å². The first-order chi connectivity index (χ1) is 7.76. The molecule has 2 N–H and O–H groups in total. The lowest BCUT2D eigenvalue weighted by Gasteiger charge is -2.06. The molecule has 0 fully saturated rings. The summed E-state index contributed by atoms with van der Waals surface area (Å²) in [7, 11) is 0. The van der Waals surface area contributed by atoms with Crippen molar-refractivity contribution < 1.29 is 4.79 Å². The second kappa shape index (κ2) is 4.42. The fraction of sp³-hybridized carbons (Fsp3) is 0.100. The third kappa shape index (κ3) is 1.82. The summed E-state index contributed by atoms with van der Waals surface area (Å²) in [6.07, 6.45) is 1.93. The van der Waals surface area contributed by atoms with Crippen molar-refractivity contribution in [1.29, 1.82) is 0 Å². The maximum Gasteiger partial charge on any atom is 0.196 e.